The SMILES string of the molecule is COc1ccc(Cn2nnc(-c3c(N4CCC(C(N)CO)CC4)ccc(S(=O)(=O)NC[C@@H](CNC(=O)O)O[Si](C)(C)C(C)(C)C)c3S(=O)(=O)N(Cc3ccccc3)Cc3ccccc3)n2)cc1. The highest BCUT2D eigenvalue weighted by molar-refractivity contribution is 7.92. The fourth-order valence-corrected chi connectivity index (χ4v) is 12.5. The van der Waals surface area contributed by atoms with E-state index in [4.69, 9.17) is 20.0 Å². The largest absolute Gasteiger partial charge is 0.497 e. The standard InChI is InChI=1S/C46H63N9O9S2Si/c1-46(2,3)67(5,6)64-38(27-48-45(57)58)28-49-65(59,60)41-22-21-40(53-25-23-36(24-26-53)39(47)32-56)42(44-50-52-55(51-44)31-35-17-19-37(63-4)20-18-35)43(41)66(61,62)54(29-33-13-9-7-10-14-33)30-34-15-11-8-12-16-34/h7-22,36,38-39,48-49,56H,23-32,47H2,1-6H3,(H,57,58)/t38-,39?/m1/s1. The summed E-state index contributed by atoms with van der Waals surface area (Å²) in [5.41, 5.74) is 8.68. The summed E-state index contributed by atoms with van der Waals surface area (Å²) >= 11 is 0. The molecule has 1 fully saturated rings. The fourth-order valence-electron chi connectivity index (χ4n) is 7.68. The zero-order valence-electron chi connectivity index (χ0n) is 38.9. The quantitative estimate of drug-likeness (QED) is 0.0590. The number of tetrazole rings is 1. The van der Waals surface area contributed by atoms with E-state index in [9.17, 15) is 15.0 Å². The number of anilines is 1. The molecule has 2 heterocycles. The first kappa shape index (κ1) is 51.1. The van der Waals surface area contributed by atoms with Crippen LogP contribution in [-0.2, 0) is 44.1 Å². The molecule has 6 N–H and O–H groups in total. The Kier molecular flexibility index (Phi) is 16.6. The van der Waals surface area contributed by atoms with E-state index >= 15 is 16.8 Å². The number of methoxy groups -OCH3 is 1. The molecule has 67 heavy (non-hydrogen) atoms. The predicted octanol–water partition coefficient (Wildman–Crippen LogP) is 5.26. The second-order valence-corrected chi connectivity index (χ2v) is 26.6. The lowest BCUT2D eigenvalue weighted by Gasteiger charge is -2.39. The summed E-state index contributed by atoms with van der Waals surface area (Å²) in [5.74, 6) is 0.513. The molecule has 1 saturated heterocycles. The van der Waals surface area contributed by atoms with E-state index in [1.54, 1.807) is 73.8 Å². The Morgan fingerprint density at radius 1 is 0.896 bits per heavy atom. The van der Waals surface area contributed by atoms with Crippen molar-refractivity contribution in [2.45, 2.75) is 93.3 Å². The fraction of sp³-hybridized carbons (Fsp3) is 0.435. The monoisotopic (exact) mass is 977 g/mol. The molecule has 1 amide bonds. The van der Waals surface area contributed by atoms with E-state index in [2.05, 4.69) is 20.4 Å². The molecule has 362 valence electrons. The van der Waals surface area contributed by atoms with Crippen LogP contribution in [0.2, 0.25) is 18.1 Å². The van der Waals surface area contributed by atoms with Crippen molar-refractivity contribution in [3.63, 3.8) is 0 Å². The van der Waals surface area contributed by atoms with Crippen molar-refractivity contribution in [3.8, 4) is 17.1 Å². The van der Waals surface area contributed by atoms with Gasteiger partial charge in [0, 0.05) is 51.0 Å². The van der Waals surface area contributed by atoms with Gasteiger partial charge in [-0.3, -0.25) is 0 Å². The smallest absolute Gasteiger partial charge is 0.404 e. The van der Waals surface area contributed by atoms with E-state index in [1.165, 1.54) is 15.2 Å². The van der Waals surface area contributed by atoms with Crippen molar-refractivity contribution in [1.82, 2.24) is 34.6 Å². The maximum absolute atomic E-state index is 16.0. The molecular formula is C46H63N9O9S2Si. The first-order valence-electron chi connectivity index (χ1n) is 22.1. The number of ether oxygens (including phenoxy) is 1. The molecule has 4 aromatic carbocycles. The van der Waals surface area contributed by atoms with Gasteiger partial charge in [-0.1, -0.05) is 93.6 Å². The van der Waals surface area contributed by atoms with Gasteiger partial charge >= 0.3 is 6.09 Å². The number of sulfonamides is 2. The third-order valence-electron chi connectivity index (χ3n) is 12.5. The molecule has 5 aromatic rings. The van der Waals surface area contributed by atoms with Crippen LogP contribution >= 0.6 is 0 Å². The molecule has 0 radical (unpaired) electrons. The summed E-state index contributed by atoms with van der Waals surface area (Å²) in [4.78, 5) is 13.8. The summed E-state index contributed by atoms with van der Waals surface area (Å²) in [6.45, 7) is 9.83. The summed E-state index contributed by atoms with van der Waals surface area (Å²) < 4.78 is 77.8. The molecule has 6 rings (SSSR count). The van der Waals surface area contributed by atoms with Crippen LogP contribution in [-0.4, -0.2) is 118 Å². The van der Waals surface area contributed by atoms with Crippen LogP contribution in [0, 0.1) is 5.92 Å². The van der Waals surface area contributed by atoms with Crippen LogP contribution in [0.5, 0.6) is 5.75 Å². The van der Waals surface area contributed by atoms with Crippen LogP contribution in [0.25, 0.3) is 11.4 Å². The molecule has 1 aliphatic rings. The van der Waals surface area contributed by atoms with Crippen LogP contribution in [0.3, 0.4) is 0 Å². The molecule has 1 aromatic heterocycles. The summed E-state index contributed by atoms with van der Waals surface area (Å²) in [6.07, 6.45) is -1.14. The Morgan fingerprint density at radius 2 is 1.49 bits per heavy atom. The highest BCUT2D eigenvalue weighted by Crippen LogP contribution is 2.43. The van der Waals surface area contributed by atoms with Crippen molar-refractivity contribution in [2.24, 2.45) is 11.7 Å². The normalized spacial score (nSPS) is 15.1. The summed E-state index contributed by atoms with van der Waals surface area (Å²) in [7, 11) is -10.7. The Morgan fingerprint density at radius 3 is 2.03 bits per heavy atom. The highest BCUT2D eigenvalue weighted by Gasteiger charge is 2.42. The van der Waals surface area contributed by atoms with Crippen molar-refractivity contribution in [2.75, 3.05) is 44.8 Å². The molecule has 2 atom stereocenters. The van der Waals surface area contributed by atoms with Gasteiger partial charge in [0.05, 0.1) is 31.9 Å². The number of carboxylic acid groups (broad SMARTS) is 1. The van der Waals surface area contributed by atoms with Gasteiger partial charge in [0.15, 0.2) is 8.32 Å². The number of nitrogens with two attached hydrogens (primary N) is 1. The maximum Gasteiger partial charge on any atom is 0.404 e. The highest BCUT2D eigenvalue weighted by atomic mass is 32.2. The van der Waals surface area contributed by atoms with Gasteiger partial charge in [0.2, 0.25) is 25.9 Å². The number of nitrogens with one attached hydrogen (secondary N) is 2. The number of aromatic nitrogens is 4. The predicted molar refractivity (Wildman–Crippen MR) is 258 cm³/mol. The topological polar surface area (TPSA) is 244 Å². The first-order valence-corrected chi connectivity index (χ1v) is 28.0. The molecule has 18 nitrogen and oxygen atoms in total. The third-order valence-corrected chi connectivity index (χ3v) is 20.5. The van der Waals surface area contributed by atoms with Gasteiger partial charge in [-0.05, 0) is 83.1 Å². The average Bonchev–Trinajstić information content (AvgIpc) is 3.77. The average molecular weight is 978 g/mol. The summed E-state index contributed by atoms with van der Waals surface area (Å²) in [5, 5.41) is 34.9. The number of hydrogen-bond acceptors (Lipinski definition) is 13. The molecule has 1 aliphatic heterocycles. The lowest BCUT2D eigenvalue weighted by molar-refractivity contribution is 0.163. The van der Waals surface area contributed by atoms with Gasteiger partial charge in [-0.25, -0.2) is 26.4 Å². The van der Waals surface area contributed by atoms with Crippen molar-refractivity contribution in [1.29, 1.82) is 0 Å². The van der Waals surface area contributed by atoms with E-state index in [-0.39, 0.29) is 55.1 Å². The van der Waals surface area contributed by atoms with Crippen LogP contribution in [0.1, 0.15) is 50.3 Å². The number of aliphatic hydroxyl groups is 1. The van der Waals surface area contributed by atoms with Gasteiger partial charge in [-0.15, -0.1) is 10.2 Å². The lowest BCUT2D eigenvalue weighted by Crippen LogP contribution is -2.50. The number of carbonyl (C=O) groups is 1. The molecule has 1 unspecified atom stereocenters. The van der Waals surface area contributed by atoms with E-state index < -0.39 is 62.9 Å². The maximum atomic E-state index is 16.0. The van der Waals surface area contributed by atoms with Gasteiger partial charge in [0.25, 0.3) is 0 Å². The van der Waals surface area contributed by atoms with Gasteiger partial charge in [-0.2, -0.15) is 9.10 Å². The van der Waals surface area contributed by atoms with Crippen molar-refractivity contribution >= 4 is 40.1 Å². The van der Waals surface area contributed by atoms with E-state index in [1.807, 2.05) is 63.0 Å². The molecule has 0 bridgehead atoms. The number of hydrogen-bond donors (Lipinski definition) is 5. The van der Waals surface area contributed by atoms with Crippen LogP contribution < -0.4 is 25.4 Å². The minimum Gasteiger partial charge on any atom is -0.497 e. The number of piperidine rings is 1. The third kappa shape index (κ3) is 12.8. The first-order chi connectivity index (χ1) is 31.7. The number of amides is 1. The number of nitrogens with zero attached hydrogens (tertiary/aromatic N) is 6. The Bertz CT molecular complexity index is 2600. The molecule has 0 spiro atoms. The number of benzene rings is 4. The molecule has 21 heteroatoms. The Hall–Kier alpha value is -5.26. The zero-order valence-corrected chi connectivity index (χ0v) is 41.5. The van der Waals surface area contributed by atoms with Crippen LogP contribution in [0.15, 0.2) is 107 Å². The molecule has 0 saturated carbocycles. The minimum atomic E-state index is -4.86. The van der Waals surface area contributed by atoms with Crippen LogP contribution in [0.4, 0.5) is 10.5 Å². The van der Waals surface area contributed by atoms with Crippen molar-refractivity contribution < 1.29 is 41.0 Å². The number of rotatable bonds is 21. The summed E-state index contributed by atoms with van der Waals surface area (Å²) in [6, 6.07) is 27.7. The lowest BCUT2D eigenvalue weighted by atomic mass is 9.90. The second kappa shape index (κ2) is 21.8. The van der Waals surface area contributed by atoms with Gasteiger partial charge < -0.3 is 35.3 Å². The second-order valence-electron chi connectivity index (χ2n) is 18.2. The van der Waals surface area contributed by atoms with Gasteiger partial charge in [0.1, 0.15) is 15.5 Å². The Labute approximate surface area is 394 Å². The van der Waals surface area contributed by atoms with E-state index in [0.717, 1.165) is 5.56 Å². The Balaban J connectivity index is 1.56. The number of aliphatic hydroxyl groups excluding tert-OH is 1. The van der Waals surface area contributed by atoms with Crippen molar-refractivity contribution in [3.05, 3.63) is 114 Å². The van der Waals surface area contributed by atoms with E-state index in [0.29, 0.717) is 48.5 Å². The molecule has 0 aliphatic carbocycles. The minimum absolute atomic E-state index is 0.00964. The zero-order chi connectivity index (χ0) is 48.6. The molecular weight excluding hydrogens is 915 g/mol.